The Bertz CT molecular complexity index is 482. The molecule has 3 heteroatoms. The molecule has 0 amide bonds. The fraction of sp³-hybridized carbons (Fsp3) is 0.154. The summed E-state index contributed by atoms with van der Waals surface area (Å²) in [4.78, 5) is 13.1. The van der Waals surface area contributed by atoms with E-state index in [1.807, 2.05) is 36.6 Å². The minimum Gasteiger partial charge on any atom is -0.294 e. The first kappa shape index (κ1) is 11.4. The van der Waals surface area contributed by atoms with E-state index in [2.05, 4.69) is 0 Å². The fourth-order valence-electron chi connectivity index (χ4n) is 1.64. The van der Waals surface area contributed by atoms with Gasteiger partial charge in [-0.2, -0.15) is 0 Å². The number of hydrogen-bond donors (Lipinski definition) is 0. The lowest BCUT2D eigenvalue weighted by Crippen LogP contribution is -2.05. The van der Waals surface area contributed by atoms with Crippen molar-refractivity contribution in [1.29, 1.82) is 0 Å². The van der Waals surface area contributed by atoms with Gasteiger partial charge in [-0.3, -0.25) is 4.79 Å². The summed E-state index contributed by atoms with van der Waals surface area (Å²) in [6.45, 7) is 1.91. The molecule has 0 aliphatic carbocycles. The first-order valence-corrected chi connectivity index (χ1v) is 6.25. The van der Waals surface area contributed by atoms with E-state index in [0.29, 0.717) is 17.0 Å². The molecular weight excluding hydrogens is 240 g/mol. The summed E-state index contributed by atoms with van der Waals surface area (Å²) in [7, 11) is 0. The maximum atomic E-state index is 12.1. The molecule has 0 saturated heterocycles. The lowest BCUT2D eigenvalue weighted by Gasteiger charge is -2.06. The number of hydrogen-bond acceptors (Lipinski definition) is 2. The van der Waals surface area contributed by atoms with Crippen LogP contribution in [0.2, 0.25) is 5.02 Å². The van der Waals surface area contributed by atoms with E-state index in [1.165, 1.54) is 0 Å². The average molecular weight is 251 g/mol. The van der Waals surface area contributed by atoms with Crippen molar-refractivity contribution in [3.63, 3.8) is 0 Å². The molecule has 0 aliphatic heterocycles. The van der Waals surface area contributed by atoms with Crippen LogP contribution in [0.3, 0.4) is 0 Å². The number of aryl methyl sites for hydroxylation is 1. The van der Waals surface area contributed by atoms with Crippen molar-refractivity contribution in [2.45, 2.75) is 13.3 Å². The number of Topliss-reactive ketones (excluding diaryl/α,β-unsaturated/α-hetero) is 1. The third kappa shape index (κ3) is 2.34. The lowest BCUT2D eigenvalue weighted by molar-refractivity contribution is 0.0993. The van der Waals surface area contributed by atoms with Crippen LogP contribution in [0.5, 0.6) is 0 Å². The number of halogens is 1. The minimum atomic E-state index is 0.0885. The van der Waals surface area contributed by atoms with E-state index in [1.54, 1.807) is 17.4 Å². The molecule has 1 nitrogen and oxygen atoms in total. The van der Waals surface area contributed by atoms with Gasteiger partial charge in [-0.1, -0.05) is 29.8 Å². The summed E-state index contributed by atoms with van der Waals surface area (Å²) in [6, 6.07) is 9.45. The highest BCUT2D eigenvalue weighted by molar-refractivity contribution is 7.10. The van der Waals surface area contributed by atoms with E-state index in [9.17, 15) is 4.79 Å². The topological polar surface area (TPSA) is 17.1 Å². The van der Waals surface area contributed by atoms with Gasteiger partial charge in [0.25, 0.3) is 0 Å². The molecule has 0 bridgehead atoms. The van der Waals surface area contributed by atoms with Crippen molar-refractivity contribution in [2.24, 2.45) is 0 Å². The summed E-state index contributed by atoms with van der Waals surface area (Å²) in [5, 5.41) is 2.52. The van der Waals surface area contributed by atoms with Crippen LogP contribution in [0.4, 0.5) is 0 Å². The minimum absolute atomic E-state index is 0.0885. The maximum absolute atomic E-state index is 12.1. The van der Waals surface area contributed by atoms with Gasteiger partial charge in [0.15, 0.2) is 5.78 Å². The Hall–Kier alpha value is -1.12. The van der Waals surface area contributed by atoms with E-state index in [-0.39, 0.29) is 5.78 Å². The van der Waals surface area contributed by atoms with E-state index in [4.69, 9.17) is 11.6 Å². The van der Waals surface area contributed by atoms with Gasteiger partial charge in [-0.15, -0.1) is 11.3 Å². The summed E-state index contributed by atoms with van der Waals surface area (Å²) >= 11 is 7.64. The zero-order valence-electron chi connectivity index (χ0n) is 8.87. The Morgan fingerprint density at radius 3 is 2.75 bits per heavy atom. The van der Waals surface area contributed by atoms with E-state index >= 15 is 0 Å². The smallest absolute Gasteiger partial charge is 0.169 e. The van der Waals surface area contributed by atoms with Gasteiger partial charge in [0.1, 0.15) is 0 Å². The summed E-state index contributed by atoms with van der Waals surface area (Å²) in [5.41, 5.74) is 1.59. The fourth-order valence-corrected chi connectivity index (χ4v) is 2.68. The molecule has 2 rings (SSSR count). The van der Waals surface area contributed by atoms with Gasteiger partial charge in [-0.05, 0) is 30.0 Å². The van der Waals surface area contributed by atoms with Crippen molar-refractivity contribution in [1.82, 2.24) is 0 Å². The predicted octanol–water partition coefficient (Wildman–Crippen LogP) is 4.14. The van der Waals surface area contributed by atoms with E-state index in [0.717, 1.165) is 10.4 Å². The second-order valence-electron chi connectivity index (χ2n) is 3.61. The molecule has 1 aromatic carbocycles. The van der Waals surface area contributed by atoms with Crippen molar-refractivity contribution in [3.8, 4) is 0 Å². The first-order valence-electron chi connectivity index (χ1n) is 4.99. The van der Waals surface area contributed by atoms with Gasteiger partial charge < -0.3 is 0 Å². The van der Waals surface area contributed by atoms with Crippen LogP contribution in [0.15, 0.2) is 35.7 Å². The molecule has 0 fully saturated rings. The Balaban J connectivity index is 2.28. The second-order valence-corrected chi connectivity index (χ2v) is 5.05. The molecule has 0 radical (unpaired) electrons. The van der Waals surface area contributed by atoms with Crippen LogP contribution >= 0.6 is 22.9 Å². The number of carbonyl (C=O) groups is 1. The monoisotopic (exact) mass is 250 g/mol. The summed E-state index contributed by atoms with van der Waals surface area (Å²) in [6.07, 6.45) is 0.433. The Morgan fingerprint density at radius 2 is 2.12 bits per heavy atom. The molecule has 0 saturated carbocycles. The third-order valence-electron chi connectivity index (χ3n) is 2.42. The van der Waals surface area contributed by atoms with Crippen LogP contribution < -0.4 is 0 Å². The highest BCUT2D eigenvalue weighted by Gasteiger charge is 2.13. The number of rotatable bonds is 3. The van der Waals surface area contributed by atoms with Gasteiger partial charge >= 0.3 is 0 Å². The van der Waals surface area contributed by atoms with Crippen molar-refractivity contribution in [2.75, 3.05) is 0 Å². The Labute approximate surface area is 104 Å². The molecule has 1 aromatic heterocycles. The maximum Gasteiger partial charge on any atom is 0.169 e. The summed E-state index contributed by atoms with van der Waals surface area (Å²) < 4.78 is 0. The number of carbonyl (C=O) groups excluding carboxylic acids is 1. The van der Waals surface area contributed by atoms with Crippen molar-refractivity contribution >= 4 is 28.7 Å². The molecule has 0 aliphatic rings. The van der Waals surface area contributed by atoms with Gasteiger partial charge in [-0.25, -0.2) is 0 Å². The molecule has 82 valence electrons. The van der Waals surface area contributed by atoms with Gasteiger partial charge in [0, 0.05) is 16.9 Å². The molecule has 2 aromatic rings. The highest BCUT2D eigenvalue weighted by Crippen LogP contribution is 2.22. The molecule has 16 heavy (non-hydrogen) atoms. The van der Waals surface area contributed by atoms with Crippen molar-refractivity contribution < 1.29 is 4.79 Å². The lowest BCUT2D eigenvalue weighted by atomic mass is 10.0. The van der Waals surface area contributed by atoms with Crippen LogP contribution in [-0.2, 0) is 6.42 Å². The van der Waals surface area contributed by atoms with Crippen LogP contribution in [0.1, 0.15) is 20.8 Å². The van der Waals surface area contributed by atoms with Gasteiger partial charge in [0.2, 0.25) is 0 Å². The van der Waals surface area contributed by atoms with Crippen molar-refractivity contribution in [3.05, 3.63) is 56.7 Å². The second kappa shape index (κ2) is 4.81. The number of thiophene rings is 1. The molecule has 0 atom stereocenters. The van der Waals surface area contributed by atoms with Gasteiger partial charge in [0.05, 0.1) is 5.02 Å². The van der Waals surface area contributed by atoms with Crippen LogP contribution in [0.25, 0.3) is 0 Å². The molecular formula is C13H11ClOS. The highest BCUT2D eigenvalue weighted by atomic mass is 35.5. The normalized spacial score (nSPS) is 10.4. The zero-order valence-corrected chi connectivity index (χ0v) is 10.4. The quantitative estimate of drug-likeness (QED) is 0.749. The number of ketones is 1. The Morgan fingerprint density at radius 1 is 1.31 bits per heavy atom. The van der Waals surface area contributed by atoms with E-state index < -0.39 is 0 Å². The van der Waals surface area contributed by atoms with Crippen LogP contribution in [0, 0.1) is 6.92 Å². The molecule has 0 spiro atoms. The Kier molecular flexibility index (Phi) is 3.42. The first-order chi connectivity index (χ1) is 7.68. The average Bonchev–Trinajstić information content (AvgIpc) is 2.70. The molecule has 1 heterocycles. The van der Waals surface area contributed by atoms with Crippen LogP contribution in [-0.4, -0.2) is 5.78 Å². The molecule has 0 N–H and O–H groups in total. The predicted molar refractivity (Wildman–Crippen MR) is 68.5 cm³/mol. The largest absolute Gasteiger partial charge is 0.294 e. The standard InChI is InChI=1S/C13H11ClOS/c1-9-4-2-6-11(14)13(9)12(15)8-10-5-3-7-16-10/h2-7H,8H2,1H3. The SMILES string of the molecule is Cc1cccc(Cl)c1C(=O)Cc1cccs1. The third-order valence-corrected chi connectivity index (χ3v) is 3.61. The number of benzene rings is 1. The summed E-state index contributed by atoms with van der Waals surface area (Å²) in [5.74, 6) is 0.0885. The zero-order chi connectivity index (χ0) is 11.5. The molecule has 0 unspecified atom stereocenters.